The normalized spacial score (nSPS) is 22.6. The van der Waals surface area contributed by atoms with Gasteiger partial charge in [-0.25, -0.2) is 4.79 Å². The number of carbonyl (C=O) groups excluding carboxylic acids is 2. The summed E-state index contributed by atoms with van der Waals surface area (Å²) in [4.78, 5) is 24.3. The van der Waals surface area contributed by atoms with Crippen LogP contribution in [0.5, 0.6) is 0 Å². The minimum atomic E-state index is -0.651. The third kappa shape index (κ3) is 3.82. The largest absolute Gasteiger partial charge is 0.467 e. The summed E-state index contributed by atoms with van der Waals surface area (Å²) in [6.07, 6.45) is 1.21. The van der Waals surface area contributed by atoms with Crippen LogP contribution in [0.1, 0.15) is 18.9 Å². The van der Waals surface area contributed by atoms with E-state index in [1.54, 1.807) is 0 Å². The third-order valence-corrected chi connectivity index (χ3v) is 3.99. The molecule has 5 nitrogen and oxygen atoms in total. The van der Waals surface area contributed by atoms with Gasteiger partial charge in [0.15, 0.2) is 0 Å². The van der Waals surface area contributed by atoms with Gasteiger partial charge in [-0.3, -0.25) is 4.79 Å². The molecule has 2 rings (SSSR count). The van der Waals surface area contributed by atoms with Gasteiger partial charge in [0.1, 0.15) is 6.04 Å². The van der Waals surface area contributed by atoms with Gasteiger partial charge in [-0.1, -0.05) is 30.3 Å². The van der Waals surface area contributed by atoms with Gasteiger partial charge in [0.25, 0.3) is 0 Å². The highest BCUT2D eigenvalue weighted by atomic mass is 16.5. The van der Waals surface area contributed by atoms with E-state index >= 15 is 0 Å². The van der Waals surface area contributed by atoms with E-state index in [2.05, 4.69) is 10.6 Å². The van der Waals surface area contributed by atoms with Crippen LogP contribution in [0.15, 0.2) is 30.3 Å². The molecule has 1 fully saturated rings. The van der Waals surface area contributed by atoms with E-state index in [9.17, 15) is 9.59 Å². The maximum Gasteiger partial charge on any atom is 0.328 e. The number of nitrogens with one attached hydrogen (secondary N) is 2. The van der Waals surface area contributed by atoms with E-state index in [-0.39, 0.29) is 5.91 Å². The molecule has 1 heterocycles. The third-order valence-electron chi connectivity index (χ3n) is 3.99. The number of esters is 1. The molecule has 1 amide bonds. The van der Waals surface area contributed by atoms with Crippen molar-refractivity contribution in [2.45, 2.75) is 25.8 Å². The van der Waals surface area contributed by atoms with E-state index < -0.39 is 17.4 Å². The van der Waals surface area contributed by atoms with Crippen LogP contribution >= 0.6 is 0 Å². The summed E-state index contributed by atoms with van der Waals surface area (Å²) in [6.45, 7) is 3.38. The molecule has 21 heavy (non-hydrogen) atoms. The zero-order valence-corrected chi connectivity index (χ0v) is 12.5. The van der Waals surface area contributed by atoms with Crippen molar-refractivity contribution < 1.29 is 14.3 Å². The predicted molar refractivity (Wildman–Crippen MR) is 79.7 cm³/mol. The van der Waals surface area contributed by atoms with Gasteiger partial charge in [-0.05, 0) is 25.5 Å². The van der Waals surface area contributed by atoms with Crippen molar-refractivity contribution in [1.29, 1.82) is 0 Å². The fourth-order valence-electron chi connectivity index (χ4n) is 2.53. The number of ether oxygens (including phenoxy) is 1. The number of amides is 1. The Labute approximate surface area is 125 Å². The molecule has 0 saturated carbocycles. The average Bonchev–Trinajstić information content (AvgIpc) is 2.95. The highest BCUT2D eigenvalue weighted by Gasteiger charge is 2.38. The first-order valence-corrected chi connectivity index (χ1v) is 7.18. The lowest BCUT2D eigenvalue weighted by molar-refractivity contribution is -0.146. The summed E-state index contributed by atoms with van der Waals surface area (Å²) in [5.74, 6) is -0.513. The van der Waals surface area contributed by atoms with Crippen molar-refractivity contribution in [3.63, 3.8) is 0 Å². The lowest BCUT2D eigenvalue weighted by atomic mass is 9.88. The Kier molecular flexibility index (Phi) is 4.96. The molecule has 0 radical (unpaired) electrons. The van der Waals surface area contributed by atoms with E-state index in [1.165, 1.54) is 7.11 Å². The SMILES string of the molecule is COC(=O)C(Cc1ccccc1)NC(=O)C1(C)CCNC1. The molecule has 0 spiro atoms. The van der Waals surface area contributed by atoms with Gasteiger partial charge in [0.2, 0.25) is 5.91 Å². The molecule has 1 saturated heterocycles. The van der Waals surface area contributed by atoms with Crippen molar-refractivity contribution in [2.75, 3.05) is 20.2 Å². The quantitative estimate of drug-likeness (QED) is 0.790. The molecule has 1 aromatic rings. The molecule has 0 aromatic heterocycles. The Morgan fingerprint density at radius 1 is 1.38 bits per heavy atom. The summed E-state index contributed by atoms with van der Waals surface area (Å²) in [6, 6.07) is 8.95. The topological polar surface area (TPSA) is 67.4 Å². The maximum absolute atomic E-state index is 12.4. The van der Waals surface area contributed by atoms with Gasteiger partial charge in [0.05, 0.1) is 12.5 Å². The Bertz CT molecular complexity index is 496. The summed E-state index contributed by atoms with van der Waals surface area (Å²) < 4.78 is 4.81. The number of benzene rings is 1. The Hall–Kier alpha value is -1.88. The number of hydrogen-bond donors (Lipinski definition) is 2. The van der Waals surface area contributed by atoms with Gasteiger partial charge in [0, 0.05) is 13.0 Å². The average molecular weight is 290 g/mol. The van der Waals surface area contributed by atoms with Crippen LogP contribution in [0.4, 0.5) is 0 Å². The second-order valence-electron chi connectivity index (χ2n) is 5.73. The van der Waals surface area contributed by atoms with Crippen molar-refractivity contribution in [3.8, 4) is 0 Å². The Balaban J connectivity index is 2.06. The molecule has 2 unspecified atom stereocenters. The van der Waals surface area contributed by atoms with Crippen LogP contribution in [0, 0.1) is 5.41 Å². The molecule has 1 aliphatic heterocycles. The van der Waals surface area contributed by atoms with Crippen LogP contribution in [0.2, 0.25) is 0 Å². The van der Waals surface area contributed by atoms with Gasteiger partial charge in [-0.2, -0.15) is 0 Å². The van der Waals surface area contributed by atoms with Crippen LogP contribution in [0.25, 0.3) is 0 Å². The van der Waals surface area contributed by atoms with E-state index in [1.807, 2.05) is 37.3 Å². The second-order valence-corrected chi connectivity index (χ2v) is 5.73. The lowest BCUT2D eigenvalue weighted by Crippen LogP contribution is -2.49. The molecule has 2 atom stereocenters. The van der Waals surface area contributed by atoms with Gasteiger partial charge >= 0.3 is 5.97 Å². The molecule has 2 N–H and O–H groups in total. The Morgan fingerprint density at radius 3 is 2.67 bits per heavy atom. The Morgan fingerprint density at radius 2 is 2.10 bits per heavy atom. The van der Waals surface area contributed by atoms with Crippen LogP contribution < -0.4 is 10.6 Å². The number of hydrogen-bond acceptors (Lipinski definition) is 4. The van der Waals surface area contributed by atoms with Crippen molar-refractivity contribution in [3.05, 3.63) is 35.9 Å². The molecule has 114 valence electrons. The number of methoxy groups -OCH3 is 1. The number of carbonyl (C=O) groups is 2. The zero-order valence-electron chi connectivity index (χ0n) is 12.5. The first-order chi connectivity index (χ1) is 10.0. The van der Waals surface area contributed by atoms with Crippen molar-refractivity contribution in [1.82, 2.24) is 10.6 Å². The second kappa shape index (κ2) is 6.72. The monoisotopic (exact) mass is 290 g/mol. The van der Waals surface area contributed by atoms with E-state index in [4.69, 9.17) is 4.74 Å². The van der Waals surface area contributed by atoms with E-state index in [0.717, 1.165) is 18.5 Å². The first kappa shape index (κ1) is 15.5. The van der Waals surface area contributed by atoms with Crippen LogP contribution in [-0.4, -0.2) is 38.1 Å². The molecule has 1 aliphatic rings. The predicted octanol–water partition coefficient (Wildman–Crippen LogP) is 0.886. The fraction of sp³-hybridized carbons (Fsp3) is 0.500. The van der Waals surface area contributed by atoms with Crippen molar-refractivity contribution >= 4 is 11.9 Å². The molecule has 0 bridgehead atoms. The summed E-state index contributed by atoms with van der Waals surface area (Å²) in [7, 11) is 1.34. The molecule has 0 aliphatic carbocycles. The molecular formula is C16H22N2O3. The van der Waals surface area contributed by atoms with E-state index in [0.29, 0.717) is 13.0 Å². The van der Waals surface area contributed by atoms with Gasteiger partial charge < -0.3 is 15.4 Å². The molecule has 1 aromatic carbocycles. The standard InChI is InChI=1S/C16H22N2O3/c1-16(8-9-17-11-16)15(20)18-13(14(19)21-2)10-12-6-4-3-5-7-12/h3-7,13,17H,8-11H2,1-2H3,(H,18,20). The summed E-state index contributed by atoms with van der Waals surface area (Å²) >= 11 is 0. The molecule has 5 heteroatoms. The highest BCUT2D eigenvalue weighted by molar-refractivity contribution is 5.88. The lowest BCUT2D eigenvalue weighted by Gasteiger charge is -2.25. The maximum atomic E-state index is 12.4. The number of rotatable bonds is 5. The van der Waals surface area contributed by atoms with Crippen molar-refractivity contribution in [2.24, 2.45) is 5.41 Å². The summed E-state index contributed by atoms with van der Waals surface area (Å²) in [5.41, 5.74) is 0.533. The van der Waals surface area contributed by atoms with Crippen LogP contribution in [0.3, 0.4) is 0 Å². The highest BCUT2D eigenvalue weighted by Crippen LogP contribution is 2.24. The smallest absolute Gasteiger partial charge is 0.328 e. The minimum absolute atomic E-state index is 0.0983. The van der Waals surface area contributed by atoms with Gasteiger partial charge in [-0.15, -0.1) is 0 Å². The zero-order chi connectivity index (χ0) is 15.3. The fourth-order valence-corrected chi connectivity index (χ4v) is 2.53. The summed E-state index contributed by atoms with van der Waals surface area (Å²) in [5, 5.41) is 6.03. The minimum Gasteiger partial charge on any atom is -0.467 e. The first-order valence-electron chi connectivity index (χ1n) is 7.18. The van der Waals surface area contributed by atoms with Crippen LogP contribution in [-0.2, 0) is 20.7 Å². The molecular weight excluding hydrogens is 268 g/mol.